The quantitative estimate of drug-likeness (QED) is 0.697. The summed E-state index contributed by atoms with van der Waals surface area (Å²) in [6.45, 7) is 0. The number of rotatable bonds is 1. The minimum atomic E-state index is -0.512. The molecule has 2 amide bonds. The van der Waals surface area contributed by atoms with Gasteiger partial charge < -0.3 is 4.74 Å². The van der Waals surface area contributed by atoms with Crippen LogP contribution in [-0.2, 0) is 16.0 Å². The van der Waals surface area contributed by atoms with E-state index in [1.54, 1.807) is 0 Å². The number of fused-ring (bicyclic) bond motifs is 3. The Morgan fingerprint density at radius 1 is 1.47 bits per heavy atom. The van der Waals surface area contributed by atoms with Crippen LogP contribution in [0.1, 0.15) is 17.2 Å². The normalized spacial score (nSPS) is 25.4. The molecule has 17 heavy (non-hydrogen) atoms. The van der Waals surface area contributed by atoms with Crippen LogP contribution >= 0.6 is 0 Å². The molecule has 1 heterocycles. The van der Waals surface area contributed by atoms with E-state index < -0.39 is 6.09 Å². The third-order valence-electron chi connectivity index (χ3n) is 3.32. The third kappa shape index (κ3) is 1.50. The summed E-state index contributed by atoms with van der Waals surface area (Å²) in [5.74, 6) is -0.204. The van der Waals surface area contributed by atoms with Gasteiger partial charge in [-0.2, -0.15) is 0 Å². The van der Waals surface area contributed by atoms with Gasteiger partial charge in [0.2, 0.25) is 5.91 Å². The van der Waals surface area contributed by atoms with E-state index in [4.69, 9.17) is 4.74 Å². The van der Waals surface area contributed by atoms with E-state index in [1.807, 2.05) is 24.3 Å². The van der Waals surface area contributed by atoms with E-state index >= 15 is 0 Å². The molecule has 1 aliphatic heterocycles. The van der Waals surface area contributed by atoms with Crippen LogP contribution in [0, 0.1) is 0 Å². The Bertz CT molecular complexity index is 494. The summed E-state index contributed by atoms with van der Waals surface area (Å²) in [5.41, 5.74) is 2.20. The molecule has 84 valence electrons. The van der Waals surface area contributed by atoms with Gasteiger partial charge in [0.1, 0.15) is 28.4 Å². The van der Waals surface area contributed by atoms with Crippen molar-refractivity contribution in [1.29, 1.82) is 0 Å². The van der Waals surface area contributed by atoms with Crippen molar-refractivity contribution in [3.63, 3.8) is 0 Å². The lowest BCUT2D eigenvalue weighted by molar-refractivity contribution is -0.127. The van der Waals surface area contributed by atoms with Crippen LogP contribution in [0.5, 0.6) is 0 Å². The highest BCUT2D eigenvalue weighted by Gasteiger charge is 2.49. The van der Waals surface area contributed by atoms with Gasteiger partial charge in [0.15, 0.2) is 0 Å². The van der Waals surface area contributed by atoms with Gasteiger partial charge in [-0.05, 0) is 16.4 Å². The summed E-state index contributed by atoms with van der Waals surface area (Å²) in [6.07, 6.45) is -0.0184. The molecule has 2 atom stereocenters. The average molecular weight is 243 g/mol. The lowest BCUT2D eigenvalue weighted by Crippen LogP contribution is -2.33. The molecule has 3 rings (SSSR count). The van der Waals surface area contributed by atoms with Crippen molar-refractivity contribution in [1.82, 2.24) is 4.90 Å². The lowest BCUT2D eigenvalue weighted by Gasteiger charge is -2.19. The molecular formula is C12H10AlNO3. The molecule has 0 N–H and O–H groups in total. The lowest BCUT2D eigenvalue weighted by atomic mass is 10.1. The SMILES string of the molecule is O=C([CH2][Al])N1C(=O)O[C@@H]2Cc3ccccc3[C@@H]21. The van der Waals surface area contributed by atoms with Crippen molar-refractivity contribution in [3.05, 3.63) is 35.4 Å². The summed E-state index contributed by atoms with van der Waals surface area (Å²) < 4.78 is 5.26. The largest absolute Gasteiger partial charge is 0.443 e. The number of imide groups is 1. The highest BCUT2D eigenvalue weighted by molar-refractivity contribution is 6.21. The summed E-state index contributed by atoms with van der Waals surface area (Å²) in [7, 11) is 0. The summed E-state index contributed by atoms with van der Waals surface area (Å²) in [4.78, 5) is 24.7. The third-order valence-corrected chi connectivity index (χ3v) is 3.67. The maximum Gasteiger partial charge on any atom is 0.417 e. The van der Waals surface area contributed by atoms with Crippen LogP contribution in [-0.4, -0.2) is 39.3 Å². The van der Waals surface area contributed by atoms with Gasteiger partial charge >= 0.3 is 6.09 Å². The zero-order valence-electron chi connectivity index (χ0n) is 9.13. The molecule has 0 unspecified atom stereocenters. The second-order valence-corrected chi connectivity index (χ2v) is 4.65. The zero-order chi connectivity index (χ0) is 12.0. The van der Waals surface area contributed by atoms with Gasteiger partial charge in [-0.1, -0.05) is 24.3 Å². The van der Waals surface area contributed by atoms with E-state index in [2.05, 4.69) is 16.3 Å². The van der Waals surface area contributed by atoms with Crippen molar-refractivity contribution in [3.8, 4) is 0 Å². The molecule has 2 radical (unpaired) electrons. The minimum absolute atomic E-state index is 0.204. The Labute approximate surface area is 107 Å². The molecule has 5 heteroatoms. The monoisotopic (exact) mass is 243 g/mol. The maximum atomic E-state index is 11.8. The summed E-state index contributed by atoms with van der Waals surface area (Å²) >= 11 is 2.35. The zero-order valence-corrected chi connectivity index (χ0v) is 10.3. The number of ether oxygens (including phenoxy) is 1. The van der Waals surface area contributed by atoms with E-state index in [-0.39, 0.29) is 23.3 Å². The van der Waals surface area contributed by atoms with Gasteiger partial charge in [-0.25, -0.2) is 9.69 Å². The van der Waals surface area contributed by atoms with Crippen LogP contribution in [0.15, 0.2) is 24.3 Å². The van der Waals surface area contributed by atoms with Crippen molar-refractivity contribution in [2.24, 2.45) is 0 Å². The Morgan fingerprint density at radius 3 is 3.00 bits per heavy atom. The molecule has 1 aliphatic carbocycles. The predicted octanol–water partition coefficient (Wildman–Crippen LogP) is 1.22. The van der Waals surface area contributed by atoms with E-state index in [0.29, 0.717) is 6.42 Å². The van der Waals surface area contributed by atoms with Crippen LogP contribution in [0.2, 0.25) is 5.28 Å². The van der Waals surface area contributed by atoms with Gasteiger partial charge in [-0.15, -0.1) is 0 Å². The first-order valence-electron chi connectivity index (χ1n) is 5.53. The molecule has 0 bridgehead atoms. The molecule has 0 aromatic heterocycles. The maximum absolute atomic E-state index is 11.8. The number of benzene rings is 1. The number of hydrogen-bond acceptors (Lipinski definition) is 3. The predicted molar refractivity (Wildman–Crippen MR) is 60.6 cm³/mol. The second-order valence-electron chi connectivity index (χ2n) is 4.24. The molecule has 0 spiro atoms. The average Bonchev–Trinajstić information content (AvgIpc) is 2.82. The molecule has 2 aliphatic rings. The molecule has 1 saturated heterocycles. The number of hydrogen-bond donors (Lipinski definition) is 0. The van der Waals surface area contributed by atoms with Gasteiger partial charge in [0.25, 0.3) is 0 Å². The van der Waals surface area contributed by atoms with Gasteiger partial charge in [0.05, 0.1) is 0 Å². The first-order chi connectivity index (χ1) is 8.22. The number of nitrogens with zero attached hydrogens (tertiary/aromatic N) is 1. The molecule has 4 nitrogen and oxygen atoms in total. The Morgan fingerprint density at radius 2 is 2.24 bits per heavy atom. The van der Waals surface area contributed by atoms with Crippen LogP contribution in [0.4, 0.5) is 4.79 Å². The molecule has 1 aromatic rings. The van der Waals surface area contributed by atoms with Crippen LogP contribution in [0.25, 0.3) is 0 Å². The smallest absolute Gasteiger partial charge is 0.417 e. The number of carbonyl (C=O) groups excluding carboxylic acids is 2. The summed E-state index contributed by atoms with van der Waals surface area (Å²) in [5, 5.41) is 0.237. The van der Waals surface area contributed by atoms with E-state index in [0.717, 1.165) is 11.1 Å². The summed E-state index contributed by atoms with van der Waals surface area (Å²) in [6, 6.07) is 7.64. The molecule has 1 aromatic carbocycles. The van der Waals surface area contributed by atoms with Crippen molar-refractivity contribution in [2.45, 2.75) is 23.8 Å². The van der Waals surface area contributed by atoms with Crippen LogP contribution in [0.3, 0.4) is 0 Å². The number of amides is 2. The highest BCUT2D eigenvalue weighted by atomic mass is 27.0. The van der Waals surface area contributed by atoms with E-state index in [1.165, 1.54) is 4.90 Å². The van der Waals surface area contributed by atoms with Crippen molar-refractivity contribution in [2.75, 3.05) is 0 Å². The van der Waals surface area contributed by atoms with Crippen molar-refractivity contribution >= 4 is 28.3 Å². The first kappa shape index (κ1) is 10.8. The fraction of sp³-hybridized carbons (Fsp3) is 0.333. The van der Waals surface area contributed by atoms with Gasteiger partial charge in [0, 0.05) is 6.42 Å². The fourth-order valence-corrected chi connectivity index (χ4v) is 2.80. The van der Waals surface area contributed by atoms with Gasteiger partial charge in [-0.3, -0.25) is 4.79 Å². The fourth-order valence-electron chi connectivity index (χ4n) is 2.60. The first-order valence-corrected chi connectivity index (χ1v) is 6.34. The minimum Gasteiger partial charge on any atom is -0.443 e. The molecule has 1 fully saturated rings. The Kier molecular flexibility index (Phi) is 2.46. The van der Waals surface area contributed by atoms with Crippen LogP contribution < -0.4 is 0 Å². The second kappa shape index (κ2) is 3.87. The molecule has 0 saturated carbocycles. The topological polar surface area (TPSA) is 46.6 Å². The molecular weight excluding hydrogens is 233 g/mol. The Balaban J connectivity index is 2.03. The number of carbonyl (C=O) groups is 2. The van der Waals surface area contributed by atoms with E-state index in [9.17, 15) is 9.59 Å². The Hall–Kier alpha value is -1.31. The standard InChI is InChI=1S/C12H10NO3.Al/c1-7(14)13-11-9-5-3-2-4-8(9)6-10(11)16-12(13)15;/h2-5,10-11H,1,6H2;/t10-,11+;/m1./s1. The van der Waals surface area contributed by atoms with Crippen molar-refractivity contribution < 1.29 is 14.3 Å². The highest BCUT2D eigenvalue weighted by Crippen LogP contribution is 2.42.